The molecule has 1 saturated heterocycles. The van der Waals surface area contributed by atoms with E-state index in [1.54, 1.807) is 34.4 Å². The Labute approximate surface area is 198 Å². The number of hydrogen-bond acceptors (Lipinski definition) is 8. The van der Waals surface area contributed by atoms with Crippen LogP contribution in [0.25, 0.3) is 10.2 Å². The highest BCUT2D eigenvalue weighted by molar-refractivity contribution is 7.98. The smallest absolute Gasteiger partial charge is 0.255 e. The van der Waals surface area contributed by atoms with Gasteiger partial charge >= 0.3 is 0 Å². The van der Waals surface area contributed by atoms with Gasteiger partial charge in [-0.2, -0.15) is 0 Å². The molecule has 0 spiro atoms. The number of ether oxygens (including phenoxy) is 1. The summed E-state index contributed by atoms with van der Waals surface area (Å²) in [6, 6.07) is 13.6. The number of carbonyl (C=O) groups is 1. The summed E-state index contributed by atoms with van der Waals surface area (Å²) < 4.78 is 6.49. The van der Waals surface area contributed by atoms with Crippen molar-refractivity contribution in [3.63, 3.8) is 0 Å². The van der Waals surface area contributed by atoms with Crippen LogP contribution in [0, 0.1) is 6.92 Å². The summed E-state index contributed by atoms with van der Waals surface area (Å²) in [4.78, 5) is 25.3. The van der Waals surface area contributed by atoms with Crippen LogP contribution in [0.15, 0.2) is 52.7 Å². The van der Waals surface area contributed by atoms with Gasteiger partial charge in [-0.25, -0.2) is 9.97 Å². The van der Waals surface area contributed by atoms with E-state index >= 15 is 0 Å². The monoisotopic (exact) mass is 482 g/mol. The Morgan fingerprint density at radius 2 is 1.97 bits per heavy atom. The Balaban J connectivity index is 1.22. The number of carbonyl (C=O) groups excluding carboxylic acids is 1. The van der Waals surface area contributed by atoms with E-state index in [1.165, 1.54) is 0 Å². The Bertz CT molecular complexity index is 1230. The van der Waals surface area contributed by atoms with E-state index in [0.717, 1.165) is 68.7 Å². The maximum atomic E-state index is 12.7. The zero-order valence-corrected chi connectivity index (χ0v) is 20.0. The minimum Gasteiger partial charge on any atom is -0.378 e. The first-order chi connectivity index (χ1) is 15.6. The van der Waals surface area contributed by atoms with Crippen LogP contribution in [0.2, 0.25) is 0 Å². The van der Waals surface area contributed by atoms with E-state index in [9.17, 15) is 4.79 Å². The molecule has 164 valence electrons. The molecule has 9 heteroatoms. The van der Waals surface area contributed by atoms with E-state index < -0.39 is 0 Å². The molecule has 0 aliphatic carbocycles. The van der Waals surface area contributed by atoms with Crippen molar-refractivity contribution in [2.24, 2.45) is 0 Å². The number of hydrogen-bond donors (Lipinski definition) is 1. The number of anilines is 2. The van der Waals surface area contributed by atoms with Gasteiger partial charge < -0.3 is 15.0 Å². The average molecular weight is 483 g/mol. The largest absolute Gasteiger partial charge is 0.378 e. The van der Waals surface area contributed by atoms with Crippen LogP contribution in [-0.4, -0.2) is 42.2 Å². The molecule has 2 aromatic heterocycles. The first-order valence-electron chi connectivity index (χ1n) is 10.3. The summed E-state index contributed by atoms with van der Waals surface area (Å²) in [5, 5.41) is 7.19. The van der Waals surface area contributed by atoms with Crippen LogP contribution in [0.1, 0.15) is 21.1 Å². The van der Waals surface area contributed by atoms with E-state index in [0.29, 0.717) is 5.56 Å². The molecule has 0 unspecified atom stereocenters. The lowest BCUT2D eigenvalue weighted by Crippen LogP contribution is -2.36. The number of nitrogens with one attached hydrogen (secondary N) is 1. The SMILES string of the molecule is Cc1nc(CSc2ccc(C(=O)Nc3ccc4nc(N5CCOCC5)sc4c3)cc2)cs1. The number of rotatable bonds is 6. The standard InChI is InChI=1S/C23H22N4O2S3/c1-15-24-18(13-30-15)14-31-19-5-2-16(3-6-19)22(28)25-17-4-7-20-21(12-17)32-23(26-20)27-8-10-29-11-9-27/h2-7,12-13H,8-11,14H2,1H3,(H,25,28). The average Bonchev–Trinajstić information content (AvgIpc) is 3.44. The van der Waals surface area contributed by atoms with Crippen LogP contribution in [-0.2, 0) is 10.5 Å². The van der Waals surface area contributed by atoms with E-state index in [1.807, 2.05) is 49.4 Å². The van der Waals surface area contributed by atoms with Crippen molar-refractivity contribution in [2.45, 2.75) is 17.6 Å². The Kier molecular flexibility index (Phi) is 6.40. The molecule has 1 aliphatic rings. The topological polar surface area (TPSA) is 67.4 Å². The van der Waals surface area contributed by atoms with Crippen LogP contribution < -0.4 is 10.2 Å². The third-order valence-corrected chi connectivity index (χ3v) is 8.03. The number of nitrogens with zero attached hydrogens (tertiary/aromatic N) is 3. The summed E-state index contributed by atoms with van der Waals surface area (Å²) in [6.07, 6.45) is 0. The Morgan fingerprint density at radius 1 is 1.16 bits per heavy atom. The Hall–Kier alpha value is -2.46. The Morgan fingerprint density at radius 3 is 2.72 bits per heavy atom. The van der Waals surface area contributed by atoms with Gasteiger partial charge in [0.25, 0.3) is 5.91 Å². The number of aromatic nitrogens is 2. The summed E-state index contributed by atoms with van der Waals surface area (Å²) in [5.41, 5.74) is 3.45. The molecular weight excluding hydrogens is 460 g/mol. The van der Waals surface area contributed by atoms with Gasteiger partial charge in [0.15, 0.2) is 5.13 Å². The van der Waals surface area contributed by atoms with Crippen molar-refractivity contribution in [3.8, 4) is 0 Å². The van der Waals surface area contributed by atoms with Gasteiger partial charge in [0, 0.05) is 40.4 Å². The quantitative estimate of drug-likeness (QED) is 0.369. The second kappa shape index (κ2) is 9.58. The summed E-state index contributed by atoms with van der Waals surface area (Å²) >= 11 is 5.04. The first-order valence-corrected chi connectivity index (χ1v) is 13.0. The lowest BCUT2D eigenvalue weighted by molar-refractivity contribution is 0.102. The highest BCUT2D eigenvalue weighted by atomic mass is 32.2. The van der Waals surface area contributed by atoms with Gasteiger partial charge in [0.1, 0.15) is 0 Å². The second-order valence-electron chi connectivity index (χ2n) is 7.40. The summed E-state index contributed by atoms with van der Waals surface area (Å²) in [7, 11) is 0. The number of benzene rings is 2. The highest BCUT2D eigenvalue weighted by Gasteiger charge is 2.16. The van der Waals surface area contributed by atoms with Crippen molar-refractivity contribution in [3.05, 3.63) is 64.1 Å². The van der Waals surface area contributed by atoms with Gasteiger partial charge in [-0.15, -0.1) is 23.1 Å². The molecule has 1 amide bonds. The molecule has 2 aromatic carbocycles. The van der Waals surface area contributed by atoms with Gasteiger partial charge in [-0.05, 0) is 49.4 Å². The molecule has 0 saturated carbocycles. The fourth-order valence-electron chi connectivity index (χ4n) is 3.42. The van der Waals surface area contributed by atoms with Crippen molar-refractivity contribution in [1.82, 2.24) is 9.97 Å². The highest BCUT2D eigenvalue weighted by Crippen LogP contribution is 2.31. The zero-order valence-electron chi connectivity index (χ0n) is 17.5. The van der Waals surface area contributed by atoms with Gasteiger partial charge in [-0.3, -0.25) is 4.79 Å². The molecular formula is C23H22N4O2S3. The molecule has 0 bridgehead atoms. The van der Waals surface area contributed by atoms with Crippen molar-refractivity contribution < 1.29 is 9.53 Å². The predicted octanol–water partition coefficient (Wildman–Crippen LogP) is 5.44. The number of thioether (sulfide) groups is 1. The van der Waals surface area contributed by atoms with Crippen LogP contribution in [0.5, 0.6) is 0 Å². The summed E-state index contributed by atoms with van der Waals surface area (Å²) in [5.74, 6) is 0.714. The molecule has 1 N–H and O–H groups in total. The molecule has 6 nitrogen and oxygen atoms in total. The predicted molar refractivity (Wildman–Crippen MR) is 133 cm³/mol. The molecule has 5 rings (SSSR count). The van der Waals surface area contributed by atoms with E-state index in [2.05, 4.69) is 20.6 Å². The minimum atomic E-state index is -0.117. The third-order valence-electron chi connectivity index (χ3n) is 5.09. The maximum Gasteiger partial charge on any atom is 0.255 e. The van der Waals surface area contributed by atoms with Crippen LogP contribution >= 0.6 is 34.4 Å². The molecule has 0 radical (unpaired) electrons. The van der Waals surface area contributed by atoms with Crippen LogP contribution in [0.3, 0.4) is 0 Å². The number of morpholine rings is 1. The molecule has 32 heavy (non-hydrogen) atoms. The number of thiazole rings is 2. The number of fused-ring (bicyclic) bond motifs is 1. The molecule has 1 fully saturated rings. The van der Waals surface area contributed by atoms with Gasteiger partial charge in [0.2, 0.25) is 0 Å². The van der Waals surface area contributed by atoms with E-state index in [4.69, 9.17) is 9.72 Å². The van der Waals surface area contributed by atoms with Crippen molar-refractivity contribution in [2.75, 3.05) is 36.5 Å². The van der Waals surface area contributed by atoms with Crippen molar-refractivity contribution in [1.29, 1.82) is 0 Å². The lowest BCUT2D eigenvalue weighted by Gasteiger charge is -2.25. The summed E-state index contributed by atoms with van der Waals surface area (Å²) in [6.45, 7) is 5.21. The second-order valence-corrected chi connectivity index (χ2v) is 10.5. The lowest BCUT2D eigenvalue weighted by atomic mass is 10.2. The minimum absolute atomic E-state index is 0.117. The fourth-order valence-corrected chi connectivity index (χ4v) is 5.98. The molecule has 1 aliphatic heterocycles. The third kappa shape index (κ3) is 4.96. The maximum absolute atomic E-state index is 12.7. The normalized spacial score (nSPS) is 14.1. The first kappa shape index (κ1) is 21.4. The van der Waals surface area contributed by atoms with Crippen molar-refractivity contribution >= 4 is 61.4 Å². The fraction of sp³-hybridized carbons (Fsp3) is 0.261. The van der Waals surface area contributed by atoms with Gasteiger partial charge in [-0.1, -0.05) is 11.3 Å². The zero-order chi connectivity index (χ0) is 21.9. The van der Waals surface area contributed by atoms with Gasteiger partial charge in [0.05, 0.1) is 34.1 Å². The number of aryl methyl sites for hydroxylation is 1. The molecule has 4 aromatic rings. The van der Waals surface area contributed by atoms with Crippen LogP contribution in [0.4, 0.5) is 10.8 Å². The van der Waals surface area contributed by atoms with E-state index in [-0.39, 0.29) is 5.91 Å². The molecule has 0 atom stereocenters. The number of amides is 1. The molecule has 3 heterocycles.